The maximum Gasteiger partial charge on any atom is 0.342 e. The fourth-order valence-corrected chi connectivity index (χ4v) is 3.19. The number of benzene rings is 1. The van der Waals surface area contributed by atoms with Crippen LogP contribution >= 0.6 is 12.6 Å². The van der Waals surface area contributed by atoms with Crippen LogP contribution in [-0.2, 0) is 9.53 Å². The zero-order valence-corrected chi connectivity index (χ0v) is 15.3. The molecule has 1 aromatic rings. The van der Waals surface area contributed by atoms with Gasteiger partial charge in [0.1, 0.15) is 29.3 Å². The van der Waals surface area contributed by atoms with E-state index in [2.05, 4.69) is 12.6 Å². The van der Waals surface area contributed by atoms with Crippen LogP contribution in [0.5, 0.6) is 11.5 Å². The van der Waals surface area contributed by atoms with E-state index in [1.165, 1.54) is 25.1 Å². The Morgan fingerprint density at radius 3 is 2.56 bits per heavy atom. The zero-order chi connectivity index (χ0) is 20.3. The highest BCUT2D eigenvalue weighted by molar-refractivity contribution is 7.81. The molecule has 148 valence electrons. The van der Waals surface area contributed by atoms with E-state index >= 15 is 0 Å². The van der Waals surface area contributed by atoms with Crippen molar-refractivity contribution in [3.63, 3.8) is 0 Å². The molecule has 27 heavy (non-hydrogen) atoms. The van der Waals surface area contributed by atoms with E-state index in [0.717, 1.165) is 6.07 Å². The number of phenols is 2. The van der Waals surface area contributed by atoms with Crippen LogP contribution in [0.15, 0.2) is 18.2 Å². The number of aromatic hydroxyl groups is 2. The number of aliphatic hydroxyl groups excluding tert-OH is 2. The van der Waals surface area contributed by atoms with Crippen molar-refractivity contribution >= 4 is 30.5 Å². The summed E-state index contributed by atoms with van der Waals surface area (Å²) in [6.07, 6.45) is -4.31. The lowest BCUT2D eigenvalue weighted by atomic mass is 9.98. The maximum absolute atomic E-state index is 14.3. The molecule has 0 spiro atoms. The molecule has 1 aliphatic rings. The fraction of sp³-hybridized carbons (Fsp3) is 0.444. The number of cyclic esters (lactones) is 1. The minimum absolute atomic E-state index is 0.112. The molecule has 7 nitrogen and oxygen atoms in total. The Morgan fingerprint density at radius 2 is 1.89 bits per heavy atom. The topological polar surface area (TPSA) is 124 Å². The lowest BCUT2D eigenvalue weighted by Crippen LogP contribution is -2.42. The van der Waals surface area contributed by atoms with Crippen molar-refractivity contribution in [2.45, 2.75) is 49.5 Å². The second-order valence-corrected chi connectivity index (χ2v) is 7.07. The molecule has 0 unspecified atom stereocenters. The lowest BCUT2D eigenvalue weighted by Gasteiger charge is -2.23. The first-order valence-electron chi connectivity index (χ1n) is 8.27. The average Bonchev–Trinajstić information content (AvgIpc) is 2.57. The molecule has 0 saturated carbocycles. The summed E-state index contributed by atoms with van der Waals surface area (Å²) in [7, 11) is 0. The number of Topliss-reactive ketones (excluding diaryl/α,β-unsaturated/α-hetero) is 1. The standard InChI is InChI=1S/C18H21FO7S/c1-8-5-13(27)15(19)17(24)16(23)11(21)4-2-3-9-6-10(20)7-12(22)14(9)18(25)26-8/h2-3,6-8,11,13,15-16,20-23,27H,4-5H2,1H3/b3-2+/t8-,11-,13+,15+,16-/m0/s1. The summed E-state index contributed by atoms with van der Waals surface area (Å²) in [6.45, 7) is 1.46. The molecule has 9 heteroatoms. The average molecular weight is 400 g/mol. The molecule has 0 aliphatic carbocycles. The van der Waals surface area contributed by atoms with Crippen molar-refractivity contribution in [1.82, 2.24) is 0 Å². The SMILES string of the molecule is C[C@H]1C[C@@H](S)[C@@H](F)C(=O)[C@@H](O)[C@@H](O)C/C=C/c2cc(O)cc(O)c2C(=O)O1. The Labute approximate surface area is 160 Å². The number of ketones is 1. The first-order chi connectivity index (χ1) is 12.6. The molecule has 0 aromatic heterocycles. The van der Waals surface area contributed by atoms with Crippen LogP contribution in [0.2, 0.25) is 0 Å². The maximum atomic E-state index is 14.3. The molecule has 0 amide bonds. The van der Waals surface area contributed by atoms with Gasteiger partial charge >= 0.3 is 5.97 Å². The van der Waals surface area contributed by atoms with Gasteiger partial charge in [-0.15, -0.1) is 0 Å². The molecule has 5 atom stereocenters. The molecular formula is C18H21FO7S. The Morgan fingerprint density at radius 1 is 1.22 bits per heavy atom. The Hall–Kier alpha value is -2.10. The van der Waals surface area contributed by atoms with Gasteiger partial charge in [0.15, 0.2) is 12.0 Å². The minimum Gasteiger partial charge on any atom is -0.508 e. The number of ether oxygens (including phenoxy) is 1. The third-order valence-electron chi connectivity index (χ3n) is 4.16. The molecule has 1 aliphatic heterocycles. The summed E-state index contributed by atoms with van der Waals surface area (Å²) in [5, 5.41) is 38.3. The second-order valence-electron chi connectivity index (χ2n) is 6.40. The van der Waals surface area contributed by atoms with Crippen LogP contribution in [0.4, 0.5) is 4.39 Å². The number of alkyl halides is 1. The quantitative estimate of drug-likeness (QED) is 0.329. The summed E-state index contributed by atoms with van der Waals surface area (Å²) in [6, 6.07) is 2.17. The number of carbonyl (C=O) groups is 2. The number of hydrogen-bond acceptors (Lipinski definition) is 8. The first kappa shape index (κ1) is 21.2. The van der Waals surface area contributed by atoms with Gasteiger partial charge < -0.3 is 25.2 Å². The van der Waals surface area contributed by atoms with Gasteiger partial charge in [-0.1, -0.05) is 12.2 Å². The molecule has 0 bridgehead atoms. The van der Waals surface area contributed by atoms with Crippen molar-refractivity contribution in [3.8, 4) is 11.5 Å². The molecule has 0 radical (unpaired) electrons. The van der Waals surface area contributed by atoms with Crippen molar-refractivity contribution in [3.05, 3.63) is 29.3 Å². The van der Waals surface area contributed by atoms with E-state index in [4.69, 9.17) is 4.74 Å². The molecule has 0 saturated heterocycles. The molecule has 1 aromatic carbocycles. The van der Waals surface area contributed by atoms with Gasteiger partial charge in [0.25, 0.3) is 0 Å². The number of carbonyl (C=O) groups excluding carboxylic acids is 2. The highest BCUT2D eigenvalue weighted by atomic mass is 32.1. The van der Waals surface area contributed by atoms with E-state index in [1.54, 1.807) is 0 Å². The molecule has 2 rings (SSSR count). The van der Waals surface area contributed by atoms with Crippen LogP contribution in [-0.4, -0.2) is 61.9 Å². The number of thiol groups is 1. The van der Waals surface area contributed by atoms with E-state index in [9.17, 15) is 34.4 Å². The summed E-state index contributed by atoms with van der Waals surface area (Å²) < 4.78 is 19.4. The summed E-state index contributed by atoms with van der Waals surface area (Å²) in [4.78, 5) is 24.4. The highest BCUT2D eigenvalue weighted by Crippen LogP contribution is 2.30. The van der Waals surface area contributed by atoms with Crippen LogP contribution in [0, 0.1) is 0 Å². The van der Waals surface area contributed by atoms with E-state index in [0.29, 0.717) is 0 Å². The van der Waals surface area contributed by atoms with Gasteiger partial charge in [-0.05, 0) is 31.4 Å². The Kier molecular flexibility index (Phi) is 6.85. The molecule has 0 fully saturated rings. The third kappa shape index (κ3) is 5.00. The van der Waals surface area contributed by atoms with Gasteiger partial charge in [0.05, 0.1) is 6.10 Å². The van der Waals surface area contributed by atoms with Crippen LogP contribution in [0.1, 0.15) is 35.7 Å². The Balaban J connectivity index is 2.45. The second kappa shape index (κ2) is 8.73. The van der Waals surface area contributed by atoms with Gasteiger partial charge in [-0.25, -0.2) is 9.18 Å². The smallest absolute Gasteiger partial charge is 0.342 e. The number of hydrogen-bond donors (Lipinski definition) is 5. The zero-order valence-electron chi connectivity index (χ0n) is 14.4. The monoisotopic (exact) mass is 400 g/mol. The van der Waals surface area contributed by atoms with E-state index in [-0.39, 0.29) is 29.7 Å². The van der Waals surface area contributed by atoms with Gasteiger partial charge in [-0.3, -0.25) is 4.79 Å². The van der Waals surface area contributed by atoms with Gasteiger partial charge in [-0.2, -0.15) is 12.6 Å². The number of phenolic OH excluding ortho intramolecular Hbond substituents is 2. The van der Waals surface area contributed by atoms with Crippen LogP contribution in [0.3, 0.4) is 0 Å². The highest BCUT2D eigenvalue weighted by Gasteiger charge is 2.35. The third-order valence-corrected chi connectivity index (χ3v) is 4.63. The summed E-state index contributed by atoms with van der Waals surface area (Å²) >= 11 is 4.00. The number of esters is 1. The Bertz CT molecular complexity index is 751. The predicted molar refractivity (Wildman–Crippen MR) is 97.6 cm³/mol. The molecular weight excluding hydrogens is 379 g/mol. The summed E-state index contributed by atoms with van der Waals surface area (Å²) in [5.74, 6) is -2.92. The van der Waals surface area contributed by atoms with Crippen molar-refractivity contribution in [1.29, 1.82) is 0 Å². The van der Waals surface area contributed by atoms with E-state index in [1.807, 2.05) is 0 Å². The van der Waals surface area contributed by atoms with Gasteiger partial charge in [0, 0.05) is 11.3 Å². The normalized spacial score (nSPS) is 31.5. The first-order valence-corrected chi connectivity index (χ1v) is 8.79. The van der Waals surface area contributed by atoms with Crippen molar-refractivity contribution < 1.29 is 39.1 Å². The number of halogens is 1. The number of aliphatic hydroxyl groups is 2. The largest absolute Gasteiger partial charge is 0.508 e. The minimum atomic E-state index is -2.16. The molecule has 1 heterocycles. The van der Waals surface area contributed by atoms with Gasteiger partial charge in [0.2, 0.25) is 0 Å². The number of fused-ring (bicyclic) bond motifs is 1. The summed E-state index contributed by atoms with van der Waals surface area (Å²) in [5.41, 5.74) is -0.104. The predicted octanol–water partition coefficient (Wildman–Crippen LogP) is 1.38. The number of rotatable bonds is 0. The van der Waals surface area contributed by atoms with E-state index < -0.39 is 47.2 Å². The van der Waals surface area contributed by atoms with Crippen molar-refractivity contribution in [2.75, 3.05) is 0 Å². The van der Waals surface area contributed by atoms with Crippen molar-refractivity contribution in [2.24, 2.45) is 0 Å². The fourth-order valence-electron chi connectivity index (χ4n) is 2.74. The molecule has 4 N–H and O–H groups in total. The van der Waals surface area contributed by atoms with Crippen LogP contribution in [0.25, 0.3) is 6.08 Å². The van der Waals surface area contributed by atoms with Crippen LogP contribution < -0.4 is 0 Å². The lowest BCUT2D eigenvalue weighted by molar-refractivity contribution is -0.137.